The first-order valence-electron chi connectivity index (χ1n) is 19.2. The van der Waals surface area contributed by atoms with Crippen LogP contribution >= 0.6 is 0 Å². The zero-order valence-electron chi connectivity index (χ0n) is 30.3. The van der Waals surface area contributed by atoms with E-state index in [0.29, 0.717) is 16.7 Å². The number of fused-ring (bicyclic) bond motifs is 6. The molecule has 0 bridgehead atoms. The molecule has 4 aliphatic carbocycles. The Morgan fingerprint density at radius 2 is 1.76 bits per heavy atom. The average Bonchev–Trinajstić information content (AvgIpc) is 3.44. The number of carbonyl (C=O) groups excluding carboxylic acids is 1. The highest BCUT2D eigenvalue weighted by Gasteiger charge is 2.59. The smallest absolute Gasteiger partial charge is 0.344 e. The minimum atomic E-state index is -0.424. The molecular weight excluding hydrogens is 608 g/mol. The van der Waals surface area contributed by atoms with Crippen molar-refractivity contribution in [2.24, 2.45) is 46.3 Å². The van der Waals surface area contributed by atoms with Crippen molar-refractivity contribution in [1.29, 1.82) is 0 Å². The first-order valence-corrected chi connectivity index (χ1v) is 19.2. The number of benzene rings is 2. The van der Waals surface area contributed by atoms with Gasteiger partial charge in [0.2, 0.25) is 0 Å². The third-order valence-corrected chi connectivity index (χ3v) is 13.7. The second-order valence-corrected chi connectivity index (χ2v) is 16.9. The molecule has 1 heterocycles. The molecule has 2 aromatic carbocycles. The molecule has 1 aromatic heterocycles. The maximum Gasteiger partial charge on any atom is 0.344 e. The fraction of sp³-hybridized carbons (Fsp3) is 0.591. The Labute approximate surface area is 292 Å². The lowest BCUT2D eigenvalue weighted by atomic mass is 9.47. The molecule has 8 atom stereocenters. The molecule has 4 aliphatic rings. The Bertz CT molecular complexity index is 1740. The van der Waals surface area contributed by atoms with Crippen LogP contribution in [0.5, 0.6) is 5.75 Å². The van der Waals surface area contributed by atoms with Crippen molar-refractivity contribution in [3.05, 3.63) is 76.7 Å². The van der Waals surface area contributed by atoms with Crippen molar-refractivity contribution in [1.82, 2.24) is 0 Å². The van der Waals surface area contributed by atoms with Gasteiger partial charge in [-0.05, 0) is 115 Å². The van der Waals surface area contributed by atoms with Crippen molar-refractivity contribution in [3.8, 4) is 16.9 Å². The van der Waals surface area contributed by atoms with Gasteiger partial charge in [-0.3, -0.25) is 0 Å². The largest absolute Gasteiger partial charge is 0.482 e. The van der Waals surface area contributed by atoms with Crippen LogP contribution in [0.25, 0.3) is 22.1 Å². The van der Waals surface area contributed by atoms with Gasteiger partial charge in [0.05, 0.1) is 0 Å². The van der Waals surface area contributed by atoms with Crippen LogP contribution in [0.15, 0.2) is 75.5 Å². The van der Waals surface area contributed by atoms with Gasteiger partial charge in [0.25, 0.3) is 0 Å². The molecule has 0 radical (unpaired) electrons. The quantitative estimate of drug-likeness (QED) is 0.123. The van der Waals surface area contributed by atoms with Gasteiger partial charge in [-0.1, -0.05) is 95.9 Å². The van der Waals surface area contributed by atoms with Crippen LogP contribution in [0, 0.1) is 46.3 Å². The summed E-state index contributed by atoms with van der Waals surface area (Å²) in [5.74, 6) is 5.02. The third kappa shape index (κ3) is 6.64. The van der Waals surface area contributed by atoms with E-state index < -0.39 is 5.63 Å². The van der Waals surface area contributed by atoms with E-state index in [2.05, 4.69) is 40.7 Å². The number of hydrogen-bond acceptors (Lipinski definition) is 5. The summed E-state index contributed by atoms with van der Waals surface area (Å²) < 4.78 is 17.4. The molecule has 5 nitrogen and oxygen atoms in total. The zero-order valence-corrected chi connectivity index (χ0v) is 30.3. The number of allylic oxidation sites excluding steroid dienone is 1. The molecule has 7 rings (SSSR count). The Morgan fingerprint density at radius 1 is 0.939 bits per heavy atom. The average molecular weight is 665 g/mol. The maximum atomic E-state index is 13.0. The van der Waals surface area contributed by atoms with E-state index in [-0.39, 0.29) is 24.1 Å². The standard InChI is InChI=1S/C44H56O5/c1-28(2)10-9-11-29(3)37-18-19-38-35-16-14-31-24-33(20-22-43(31,4)39(35)21-23-44(37,38)5)48-42(46)27-47-32-15-17-34-36(30-12-7-6-8-13-30)26-41(45)49-40(34)25-32/h6-8,12-15,17,25-26,28-29,33,35,37-39H,9-11,16,18-24,27H2,1-5H3/t29-,33+,35?,37-,38?,39?,43+,44-/m1/s1. The van der Waals surface area contributed by atoms with Gasteiger partial charge < -0.3 is 13.9 Å². The fourth-order valence-electron chi connectivity index (χ4n) is 11.2. The summed E-state index contributed by atoms with van der Waals surface area (Å²) in [6, 6.07) is 16.7. The first-order chi connectivity index (χ1) is 23.5. The molecular formula is C44H56O5. The Hall–Kier alpha value is -3.34. The van der Waals surface area contributed by atoms with E-state index in [9.17, 15) is 9.59 Å². The molecule has 5 heteroatoms. The first kappa shape index (κ1) is 34.1. The van der Waals surface area contributed by atoms with E-state index in [0.717, 1.165) is 71.3 Å². The van der Waals surface area contributed by atoms with Crippen LogP contribution < -0.4 is 10.4 Å². The minimum Gasteiger partial charge on any atom is -0.482 e. The molecule has 0 saturated heterocycles. The van der Waals surface area contributed by atoms with Crippen molar-refractivity contribution >= 4 is 16.9 Å². The summed E-state index contributed by atoms with van der Waals surface area (Å²) in [6.07, 6.45) is 16.2. The van der Waals surface area contributed by atoms with Crippen molar-refractivity contribution in [2.75, 3.05) is 6.61 Å². The molecule has 0 aliphatic heterocycles. The highest BCUT2D eigenvalue weighted by atomic mass is 16.6. The lowest BCUT2D eigenvalue weighted by Crippen LogP contribution is -2.51. The van der Waals surface area contributed by atoms with Crippen LogP contribution in [0.2, 0.25) is 0 Å². The minimum absolute atomic E-state index is 0.105. The van der Waals surface area contributed by atoms with Crippen molar-refractivity contribution in [3.63, 3.8) is 0 Å². The number of ether oxygens (including phenoxy) is 2. The summed E-state index contributed by atoms with van der Waals surface area (Å²) in [7, 11) is 0. The van der Waals surface area contributed by atoms with E-state index in [1.54, 1.807) is 6.07 Å². The van der Waals surface area contributed by atoms with Gasteiger partial charge in [-0.25, -0.2) is 9.59 Å². The number of esters is 1. The summed E-state index contributed by atoms with van der Waals surface area (Å²) in [4.78, 5) is 25.4. The predicted octanol–water partition coefficient (Wildman–Crippen LogP) is 10.8. The summed E-state index contributed by atoms with van der Waals surface area (Å²) >= 11 is 0. The molecule has 3 fully saturated rings. The van der Waals surface area contributed by atoms with Crippen LogP contribution in [-0.4, -0.2) is 18.7 Å². The van der Waals surface area contributed by atoms with E-state index in [1.807, 2.05) is 42.5 Å². The van der Waals surface area contributed by atoms with Gasteiger partial charge in [0.1, 0.15) is 17.4 Å². The van der Waals surface area contributed by atoms with E-state index in [4.69, 9.17) is 13.9 Å². The lowest BCUT2D eigenvalue weighted by molar-refractivity contribution is -0.153. The Balaban J connectivity index is 0.959. The lowest BCUT2D eigenvalue weighted by Gasteiger charge is -2.58. The highest BCUT2D eigenvalue weighted by molar-refractivity contribution is 5.93. The molecule has 0 spiro atoms. The molecule has 3 unspecified atom stereocenters. The molecule has 3 aromatic rings. The fourth-order valence-corrected chi connectivity index (χ4v) is 11.2. The van der Waals surface area contributed by atoms with Crippen LogP contribution in [0.4, 0.5) is 0 Å². The van der Waals surface area contributed by atoms with Gasteiger partial charge in [0.15, 0.2) is 6.61 Å². The Kier molecular flexibility index (Phi) is 9.58. The normalized spacial score (nSPS) is 31.4. The second-order valence-electron chi connectivity index (χ2n) is 16.9. The zero-order chi connectivity index (χ0) is 34.3. The van der Waals surface area contributed by atoms with Crippen LogP contribution in [0.1, 0.15) is 105 Å². The van der Waals surface area contributed by atoms with E-state index >= 15 is 0 Å². The van der Waals surface area contributed by atoms with Crippen LogP contribution in [0.3, 0.4) is 0 Å². The van der Waals surface area contributed by atoms with Crippen molar-refractivity contribution < 1.29 is 18.7 Å². The molecule has 0 N–H and O–H groups in total. The van der Waals surface area contributed by atoms with Gasteiger partial charge >= 0.3 is 11.6 Å². The molecule has 49 heavy (non-hydrogen) atoms. The number of carbonyl (C=O) groups is 1. The molecule has 262 valence electrons. The highest BCUT2D eigenvalue weighted by Crippen LogP contribution is 2.67. The second kappa shape index (κ2) is 13.8. The topological polar surface area (TPSA) is 65.7 Å². The predicted molar refractivity (Wildman–Crippen MR) is 196 cm³/mol. The van der Waals surface area contributed by atoms with Crippen LogP contribution in [-0.2, 0) is 9.53 Å². The number of rotatable bonds is 10. The number of hydrogen-bond donors (Lipinski definition) is 0. The molecule has 3 saturated carbocycles. The van der Waals surface area contributed by atoms with E-state index in [1.165, 1.54) is 63.0 Å². The SMILES string of the molecule is CC(C)CCC[C@@H](C)[C@H]1CCC2C3CC=C4C[C@@H](OC(=O)COc5ccc6c(-c7ccccc7)cc(=O)oc6c5)CC[C@]4(C)C3CC[C@@]21C. The van der Waals surface area contributed by atoms with Gasteiger partial charge in [0, 0.05) is 23.9 Å². The summed E-state index contributed by atoms with van der Waals surface area (Å²) in [6.45, 7) is 12.3. The van der Waals surface area contributed by atoms with Gasteiger partial charge in [-0.2, -0.15) is 0 Å². The van der Waals surface area contributed by atoms with Crippen molar-refractivity contribution in [2.45, 2.75) is 111 Å². The van der Waals surface area contributed by atoms with Gasteiger partial charge in [-0.15, -0.1) is 0 Å². The third-order valence-electron chi connectivity index (χ3n) is 13.7. The Morgan fingerprint density at radius 3 is 2.55 bits per heavy atom. The monoisotopic (exact) mass is 664 g/mol. The summed E-state index contributed by atoms with van der Waals surface area (Å²) in [5.41, 5.74) is 3.99. The summed E-state index contributed by atoms with van der Waals surface area (Å²) in [5, 5.41) is 0.816. The maximum absolute atomic E-state index is 13.0. The molecule has 0 amide bonds.